The summed E-state index contributed by atoms with van der Waals surface area (Å²) in [6.07, 6.45) is 9.54. The maximum atomic E-state index is 5.64. The number of aromatic nitrogens is 2. The van der Waals surface area contributed by atoms with Crippen LogP contribution in [0.2, 0.25) is 0 Å². The van der Waals surface area contributed by atoms with Gasteiger partial charge in [-0.2, -0.15) is 0 Å². The maximum absolute atomic E-state index is 5.64. The van der Waals surface area contributed by atoms with Crippen LogP contribution >= 0.6 is 12.4 Å². The number of methoxy groups -OCH3 is 1. The van der Waals surface area contributed by atoms with Gasteiger partial charge in [0, 0.05) is 25.0 Å². The summed E-state index contributed by atoms with van der Waals surface area (Å²) in [6, 6.07) is 0.684. The zero-order chi connectivity index (χ0) is 13.3. The van der Waals surface area contributed by atoms with E-state index in [1.165, 1.54) is 32.2 Å². The number of ether oxygens (including phenoxy) is 2. The number of piperidine rings is 1. The largest absolute Gasteiger partial charge is 0.480 e. The first-order valence-electron chi connectivity index (χ1n) is 7.05. The summed E-state index contributed by atoms with van der Waals surface area (Å²) in [5.74, 6) is 0.552. The van der Waals surface area contributed by atoms with Crippen molar-refractivity contribution in [3.05, 3.63) is 18.1 Å². The van der Waals surface area contributed by atoms with E-state index in [4.69, 9.17) is 9.47 Å². The van der Waals surface area contributed by atoms with Crippen LogP contribution in [0.3, 0.4) is 0 Å². The van der Waals surface area contributed by atoms with Gasteiger partial charge in [-0.05, 0) is 32.2 Å². The lowest BCUT2D eigenvalue weighted by atomic mass is 10.0. The van der Waals surface area contributed by atoms with Gasteiger partial charge in [0.25, 0.3) is 0 Å². The molecule has 1 atom stereocenters. The highest BCUT2D eigenvalue weighted by Gasteiger charge is 2.11. The molecule has 6 heteroatoms. The first-order chi connectivity index (χ1) is 9.40. The van der Waals surface area contributed by atoms with Crippen molar-refractivity contribution in [2.75, 3.05) is 20.3 Å². The van der Waals surface area contributed by atoms with E-state index in [0.717, 1.165) is 18.7 Å². The van der Waals surface area contributed by atoms with E-state index >= 15 is 0 Å². The van der Waals surface area contributed by atoms with Gasteiger partial charge in [0.1, 0.15) is 5.69 Å². The molecule has 1 fully saturated rings. The summed E-state index contributed by atoms with van der Waals surface area (Å²) in [6.45, 7) is 2.40. The molecule has 1 unspecified atom stereocenters. The normalized spacial score (nSPS) is 18.4. The third-order valence-electron chi connectivity index (χ3n) is 3.42. The predicted molar refractivity (Wildman–Crippen MR) is 80.4 cm³/mol. The Morgan fingerprint density at radius 2 is 2.15 bits per heavy atom. The molecule has 0 radical (unpaired) electrons. The maximum Gasteiger partial charge on any atom is 0.237 e. The van der Waals surface area contributed by atoms with Gasteiger partial charge in [-0.3, -0.25) is 4.98 Å². The molecule has 1 aromatic rings. The Morgan fingerprint density at radius 1 is 1.30 bits per heavy atom. The molecule has 1 aliphatic rings. The summed E-state index contributed by atoms with van der Waals surface area (Å²) in [7, 11) is 1.60. The number of nitrogens with zero attached hydrogens (tertiary/aromatic N) is 2. The second kappa shape index (κ2) is 9.91. The van der Waals surface area contributed by atoms with Crippen LogP contribution in [0.15, 0.2) is 12.4 Å². The lowest BCUT2D eigenvalue weighted by Gasteiger charge is -2.23. The molecular formula is C14H24ClN3O2. The molecule has 2 rings (SSSR count). The van der Waals surface area contributed by atoms with Crippen molar-refractivity contribution in [1.82, 2.24) is 15.3 Å². The minimum absolute atomic E-state index is 0. The predicted octanol–water partition coefficient (Wildman–Crippen LogP) is 2.35. The third kappa shape index (κ3) is 5.61. The Hall–Kier alpha value is -0.910. The van der Waals surface area contributed by atoms with E-state index in [2.05, 4.69) is 15.3 Å². The van der Waals surface area contributed by atoms with Crippen molar-refractivity contribution < 1.29 is 9.47 Å². The first kappa shape index (κ1) is 17.1. The molecule has 2 heterocycles. The summed E-state index contributed by atoms with van der Waals surface area (Å²) in [4.78, 5) is 8.31. The fourth-order valence-electron chi connectivity index (χ4n) is 2.39. The standard InChI is InChI=1S/C14H23N3O2.ClH/c1-18-14-13(16-8-9-17-14)11-19-10-4-6-12-5-2-3-7-15-12;/h8-9,12,15H,2-7,10-11H2,1H3;1H. The Balaban J connectivity index is 0.00000200. The lowest BCUT2D eigenvalue weighted by Crippen LogP contribution is -2.33. The second-order valence-corrected chi connectivity index (χ2v) is 4.85. The quantitative estimate of drug-likeness (QED) is 0.784. The van der Waals surface area contributed by atoms with Crippen molar-refractivity contribution in [3.8, 4) is 5.88 Å². The van der Waals surface area contributed by atoms with Crippen molar-refractivity contribution in [3.63, 3.8) is 0 Å². The van der Waals surface area contributed by atoms with Crippen LogP contribution in [0.5, 0.6) is 5.88 Å². The smallest absolute Gasteiger partial charge is 0.237 e. The molecule has 20 heavy (non-hydrogen) atoms. The Bertz CT molecular complexity index is 373. The van der Waals surface area contributed by atoms with E-state index in [1.807, 2.05) is 0 Å². The van der Waals surface area contributed by atoms with Gasteiger partial charge in [0.05, 0.1) is 13.7 Å². The molecule has 114 valence electrons. The van der Waals surface area contributed by atoms with Crippen molar-refractivity contribution in [2.24, 2.45) is 0 Å². The summed E-state index contributed by atoms with van der Waals surface area (Å²) < 4.78 is 10.8. The average Bonchev–Trinajstić information content (AvgIpc) is 2.48. The molecule has 1 aliphatic heterocycles. The minimum atomic E-state index is 0. The molecule has 0 aromatic carbocycles. The van der Waals surface area contributed by atoms with E-state index in [9.17, 15) is 0 Å². The van der Waals surface area contributed by atoms with Crippen LogP contribution < -0.4 is 10.1 Å². The van der Waals surface area contributed by atoms with Crippen LogP contribution in [0.25, 0.3) is 0 Å². The van der Waals surface area contributed by atoms with Gasteiger partial charge >= 0.3 is 0 Å². The molecule has 5 nitrogen and oxygen atoms in total. The molecule has 0 spiro atoms. The molecule has 1 aromatic heterocycles. The van der Waals surface area contributed by atoms with Crippen LogP contribution in [-0.4, -0.2) is 36.3 Å². The molecule has 0 saturated carbocycles. The minimum Gasteiger partial charge on any atom is -0.480 e. The molecule has 0 amide bonds. The van der Waals surface area contributed by atoms with Gasteiger partial charge in [-0.15, -0.1) is 12.4 Å². The molecule has 1 saturated heterocycles. The Labute approximate surface area is 126 Å². The number of halogens is 1. The monoisotopic (exact) mass is 301 g/mol. The fraction of sp³-hybridized carbons (Fsp3) is 0.714. The van der Waals surface area contributed by atoms with Crippen LogP contribution in [-0.2, 0) is 11.3 Å². The highest BCUT2D eigenvalue weighted by molar-refractivity contribution is 5.85. The summed E-state index contributed by atoms with van der Waals surface area (Å²) in [5, 5.41) is 3.55. The molecule has 1 N–H and O–H groups in total. The zero-order valence-electron chi connectivity index (χ0n) is 12.0. The van der Waals surface area contributed by atoms with Gasteiger partial charge < -0.3 is 14.8 Å². The van der Waals surface area contributed by atoms with E-state index in [1.54, 1.807) is 19.5 Å². The molecule has 0 bridgehead atoms. The number of hydrogen-bond acceptors (Lipinski definition) is 5. The first-order valence-corrected chi connectivity index (χ1v) is 7.05. The number of nitrogens with one attached hydrogen (secondary N) is 1. The fourth-order valence-corrected chi connectivity index (χ4v) is 2.39. The van der Waals surface area contributed by atoms with Gasteiger partial charge in [0.2, 0.25) is 5.88 Å². The number of hydrogen-bond donors (Lipinski definition) is 1. The van der Waals surface area contributed by atoms with Gasteiger partial charge in [-0.1, -0.05) is 6.42 Å². The topological polar surface area (TPSA) is 56.3 Å². The SMILES string of the molecule is COc1nccnc1COCCCC1CCCCN1.Cl. The van der Waals surface area contributed by atoms with Crippen LogP contribution in [0.4, 0.5) is 0 Å². The second-order valence-electron chi connectivity index (χ2n) is 4.85. The van der Waals surface area contributed by atoms with E-state index in [-0.39, 0.29) is 12.4 Å². The zero-order valence-corrected chi connectivity index (χ0v) is 12.8. The Morgan fingerprint density at radius 3 is 2.90 bits per heavy atom. The van der Waals surface area contributed by atoms with Gasteiger partial charge in [0.15, 0.2) is 0 Å². The summed E-state index contributed by atoms with van der Waals surface area (Å²) in [5.41, 5.74) is 0.765. The highest BCUT2D eigenvalue weighted by atomic mass is 35.5. The van der Waals surface area contributed by atoms with E-state index < -0.39 is 0 Å². The van der Waals surface area contributed by atoms with Crippen LogP contribution in [0, 0.1) is 0 Å². The number of rotatable bonds is 7. The lowest BCUT2D eigenvalue weighted by molar-refractivity contribution is 0.109. The summed E-state index contributed by atoms with van der Waals surface area (Å²) >= 11 is 0. The third-order valence-corrected chi connectivity index (χ3v) is 3.42. The van der Waals surface area contributed by atoms with E-state index in [0.29, 0.717) is 18.5 Å². The Kier molecular flexibility index (Phi) is 8.49. The molecule has 0 aliphatic carbocycles. The van der Waals surface area contributed by atoms with Crippen molar-refractivity contribution >= 4 is 12.4 Å². The van der Waals surface area contributed by atoms with Gasteiger partial charge in [-0.25, -0.2) is 4.98 Å². The van der Waals surface area contributed by atoms with Crippen LogP contribution in [0.1, 0.15) is 37.8 Å². The van der Waals surface area contributed by atoms with Crippen molar-refractivity contribution in [2.45, 2.75) is 44.8 Å². The molecular weight excluding hydrogens is 278 g/mol. The van der Waals surface area contributed by atoms with Crippen molar-refractivity contribution in [1.29, 1.82) is 0 Å². The average molecular weight is 302 g/mol. The highest BCUT2D eigenvalue weighted by Crippen LogP contribution is 2.13.